The molecule has 3 aliphatic rings. The first-order valence-corrected chi connectivity index (χ1v) is 9.84. The Bertz CT molecular complexity index is 468. The van der Waals surface area contributed by atoms with Gasteiger partial charge in [0.15, 0.2) is 0 Å². The highest BCUT2D eigenvalue weighted by molar-refractivity contribution is 5.74. The van der Waals surface area contributed by atoms with E-state index >= 15 is 0 Å². The van der Waals surface area contributed by atoms with Crippen LogP contribution >= 0.6 is 0 Å². The lowest BCUT2D eigenvalue weighted by molar-refractivity contribution is -0.148. The minimum absolute atomic E-state index is 0.00619. The molecule has 3 fully saturated rings. The number of esters is 1. The zero-order valence-corrected chi connectivity index (χ0v) is 15.8. The average molecular weight is 368 g/mol. The van der Waals surface area contributed by atoms with Crippen LogP contribution in [0.4, 0.5) is 4.79 Å². The number of hydrogen-bond acceptors (Lipinski definition) is 6. The normalized spacial score (nSPS) is 23.9. The van der Waals surface area contributed by atoms with E-state index in [1.165, 1.54) is 20.0 Å². The fraction of sp³-hybridized carbons (Fsp3) is 0.889. The number of likely N-dealkylation sites (tertiary alicyclic amines) is 1. The van der Waals surface area contributed by atoms with Gasteiger partial charge in [-0.3, -0.25) is 4.90 Å². The molecule has 3 rings (SSSR count). The van der Waals surface area contributed by atoms with Gasteiger partial charge in [-0.1, -0.05) is 0 Å². The molecule has 0 atom stereocenters. The first-order chi connectivity index (χ1) is 12.7. The molecular formula is C18H32N4O4. The van der Waals surface area contributed by atoms with Gasteiger partial charge < -0.3 is 24.6 Å². The third-order valence-electron chi connectivity index (χ3n) is 5.79. The molecule has 2 amide bonds. The Kier molecular flexibility index (Phi) is 7.10. The maximum absolute atomic E-state index is 12.8. The Morgan fingerprint density at radius 1 is 0.923 bits per heavy atom. The van der Waals surface area contributed by atoms with E-state index < -0.39 is 0 Å². The Labute approximate surface area is 155 Å². The van der Waals surface area contributed by atoms with Gasteiger partial charge in [0.1, 0.15) is 6.61 Å². The molecule has 0 radical (unpaired) electrons. The molecule has 8 heteroatoms. The summed E-state index contributed by atoms with van der Waals surface area (Å²) in [6.45, 7) is 7.20. The van der Waals surface area contributed by atoms with Gasteiger partial charge in [0.05, 0.1) is 13.2 Å². The summed E-state index contributed by atoms with van der Waals surface area (Å²) in [5.41, 5.74) is 0. The average Bonchev–Trinajstić information content (AvgIpc) is 2.72. The minimum Gasteiger partial charge on any atom is -0.467 e. The summed E-state index contributed by atoms with van der Waals surface area (Å²) in [6.07, 6.45) is 4.02. The van der Waals surface area contributed by atoms with Gasteiger partial charge in [0.25, 0.3) is 0 Å². The van der Waals surface area contributed by atoms with Crippen molar-refractivity contribution in [3.63, 3.8) is 0 Å². The Morgan fingerprint density at radius 2 is 1.54 bits per heavy atom. The number of ether oxygens (including phenoxy) is 2. The van der Waals surface area contributed by atoms with Crippen LogP contribution in [0, 0.1) is 0 Å². The minimum atomic E-state index is -0.352. The van der Waals surface area contributed by atoms with Crippen LogP contribution in [0.3, 0.4) is 0 Å². The quantitative estimate of drug-likeness (QED) is 0.711. The second-order valence-corrected chi connectivity index (χ2v) is 7.36. The Morgan fingerprint density at radius 3 is 2.15 bits per heavy atom. The predicted octanol–water partition coefficient (Wildman–Crippen LogP) is 0.130. The number of carbonyl (C=O) groups is 2. The van der Waals surface area contributed by atoms with Crippen LogP contribution in [0.15, 0.2) is 0 Å². The van der Waals surface area contributed by atoms with Crippen molar-refractivity contribution in [2.45, 2.75) is 37.8 Å². The lowest BCUT2D eigenvalue weighted by atomic mass is 10.0. The molecule has 0 saturated carbocycles. The number of rotatable bonds is 4. The molecule has 0 aromatic rings. The molecule has 148 valence electrons. The third kappa shape index (κ3) is 5.08. The van der Waals surface area contributed by atoms with E-state index in [1.54, 1.807) is 0 Å². The summed E-state index contributed by atoms with van der Waals surface area (Å²) >= 11 is 0. The van der Waals surface area contributed by atoms with E-state index in [0.717, 1.165) is 52.1 Å². The summed E-state index contributed by atoms with van der Waals surface area (Å²) in [4.78, 5) is 30.4. The number of methoxy groups -OCH3 is 1. The highest BCUT2D eigenvalue weighted by atomic mass is 16.6. The topological polar surface area (TPSA) is 74.4 Å². The molecule has 0 spiro atoms. The van der Waals surface area contributed by atoms with Crippen molar-refractivity contribution < 1.29 is 19.1 Å². The van der Waals surface area contributed by atoms with Gasteiger partial charge >= 0.3 is 12.0 Å². The van der Waals surface area contributed by atoms with E-state index in [-0.39, 0.29) is 24.7 Å². The number of hydrogen-bond donors (Lipinski definition) is 1. The molecule has 3 saturated heterocycles. The first kappa shape index (κ1) is 19.4. The zero-order chi connectivity index (χ0) is 18.4. The number of amides is 2. The molecule has 0 aromatic heterocycles. The Hall–Kier alpha value is -1.38. The van der Waals surface area contributed by atoms with Gasteiger partial charge in [-0.05, 0) is 38.8 Å². The number of piperazine rings is 1. The van der Waals surface area contributed by atoms with E-state index in [0.29, 0.717) is 19.1 Å². The van der Waals surface area contributed by atoms with Crippen LogP contribution in [-0.4, -0.2) is 105 Å². The van der Waals surface area contributed by atoms with Crippen molar-refractivity contribution in [1.82, 2.24) is 20.0 Å². The summed E-state index contributed by atoms with van der Waals surface area (Å²) in [5, 5.41) is 3.41. The first-order valence-electron chi connectivity index (χ1n) is 9.84. The standard InChI is InChI=1S/C18H32N4O4/c1-25-17(23)14-26-16-4-8-21(9-5-16)18(24)22-12-10-20(11-13-22)15-2-6-19-7-3-15/h15-16,19H,2-14H2,1H3. The smallest absolute Gasteiger partial charge is 0.331 e. The number of piperidine rings is 2. The summed E-state index contributed by atoms with van der Waals surface area (Å²) in [7, 11) is 1.36. The van der Waals surface area contributed by atoms with Gasteiger partial charge in [0, 0.05) is 45.3 Å². The van der Waals surface area contributed by atoms with Crippen LogP contribution in [0.25, 0.3) is 0 Å². The summed E-state index contributed by atoms with van der Waals surface area (Å²) < 4.78 is 10.1. The van der Waals surface area contributed by atoms with Crippen LogP contribution in [0.1, 0.15) is 25.7 Å². The van der Waals surface area contributed by atoms with E-state index in [9.17, 15) is 9.59 Å². The molecule has 3 aliphatic heterocycles. The molecule has 0 unspecified atom stereocenters. The number of nitrogens with zero attached hydrogens (tertiary/aromatic N) is 3. The summed E-state index contributed by atoms with van der Waals surface area (Å²) in [5.74, 6) is -0.352. The fourth-order valence-corrected chi connectivity index (χ4v) is 4.11. The molecular weight excluding hydrogens is 336 g/mol. The van der Waals surface area contributed by atoms with Crippen molar-refractivity contribution in [1.29, 1.82) is 0 Å². The maximum atomic E-state index is 12.8. The SMILES string of the molecule is COC(=O)COC1CCN(C(=O)N2CCN(C3CCNCC3)CC2)CC1. The zero-order valence-electron chi connectivity index (χ0n) is 15.8. The van der Waals surface area contributed by atoms with Gasteiger partial charge in [-0.15, -0.1) is 0 Å². The van der Waals surface area contributed by atoms with Crippen molar-refractivity contribution in [2.24, 2.45) is 0 Å². The fourth-order valence-electron chi connectivity index (χ4n) is 4.11. The van der Waals surface area contributed by atoms with Gasteiger partial charge in [-0.2, -0.15) is 0 Å². The maximum Gasteiger partial charge on any atom is 0.331 e. The monoisotopic (exact) mass is 368 g/mol. The Balaban J connectivity index is 1.37. The van der Waals surface area contributed by atoms with E-state index in [2.05, 4.69) is 15.0 Å². The summed E-state index contributed by atoms with van der Waals surface area (Å²) in [6, 6.07) is 0.831. The lowest BCUT2D eigenvalue weighted by Crippen LogP contribution is -2.57. The van der Waals surface area contributed by atoms with Crippen molar-refractivity contribution in [2.75, 3.05) is 66.1 Å². The van der Waals surface area contributed by atoms with Gasteiger partial charge in [-0.25, -0.2) is 9.59 Å². The van der Waals surface area contributed by atoms with Crippen LogP contribution in [-0.2, 0) is 14.3 Å². The third-order valence-corrected chi connectivity index (χ3v) is 5.79. The van der Waals surface area contributed by atoms with E-state index in [4.69, 9.17) is 4.74 Å². The second-order valence-electron chi connectivity index (χ2n) is 7.36. The lowest BCUT2D eigenvalue weighted by Gasteiger charge is -2.43. The van der Waals surface area contributed by atoms with Crippen molar-refractivity contribution in [3.8, 4) is 0 Å². The highest BCUT2D eigenvalue weighted by Gasteiger charge is 2.31. The van der Waals surface area contributed by atoms with E-state index in [1.807, 2.05) is 9.80 Å². The van der Waals surface area contributed by atoms with Crippen LogP contribution in [0.2, 0.25) is 0 Å². The second kappa shape index (κ2) is 9.53. The highest BCUT2D eigenvalue weighted by Crippen LogP contribution is 2.18. The van der Waals surface area contributed by atoms with Crippen molar-refractivity contribution in [3.05, 3.63) is 0 Å². The van der Waals surface area contributed by atoms with Crippen LogP contribution in [0.5, 0.6) is 0 Å². The molecule has 26 heavy (non-hydrogen) atoms. The number of nitrogens with one attached hydrogen (secondary N) is 1. The molecule has 0 aliphatic carbocycles. The van der Waals surface area contributed by atoms with Gasteiger partial charge in [0.2, 0.25) is 0 Å². The molecule has 0 aromatic carbocycles. The van der Waals surface area contributed by atoms with Crippen molar-refractivity contribution >= 4 is 12.0 Å². The largest absolute Gasteiger partial charge is 0.467 e. The molecule has 0 bridgehead atoms. The number of carbonyl (C=O) groups excluding carboxylic acids is 2. The van der Waals surface area contributed by atoms with Crippen LogP contribution < -0.4 is 5.32 Å². The molecule has 3 heterocycles. The molecule has 1 N–H and O–H groups in total. The molecule has 8 nitrogen and oxygen atoms in total. The number of urea groups is 1. The predicted molar refractivity (Wildman–Crippen MR) is 97.0 cm³/mol.